The monoisotopic (exact) mass is 281 g/mol. The molecule has 0 radical (unpaired) electrons. The lowest BCUT2D eigenvalue weighted by atomic mass is 10.0. The van der Waals surface area contributed by atoms with Gasteiger partial charge in [0, 0.05) is 9.75 Å². The Morgan fingerprint density at radius 2 is 2.00 bits per heavy atom. The highest BCUT2D eigenvalue weighted by atomic mass is 32.1. The van der Waals surface area contributed by atoms with Crippen LogP contribution in [-0.4, -0.2) is 11.1 Å². The van der Waals surface area contributed by atoms with Gasteiger partial charge >= 0.3 is 5.97 Å². The van der Waals surface area contributed by atoms with E-state index >= 15 is 0 Å². The van der Waals surface area contributed by atoms with Crippen LogP contribution in [0.15, 0.2) is 12.1 Å². The number of carbonyl (C=O) groups is 1. The van der Waals surface area contributed by atoms with E-state index < -0.39 is 5.97 Å². The summed E-state index contributed by atoms with van der Waals surface area (Å²) in [4.78, 5) is 14.7. The van der Waals surface area contributed by atoms with E-state index in [0.29, 0.717) is 5.69 Å². The molecule has 0 aliphatic heterocycles. The van der Waals surface area contributed by atoms with Crippen molar-refractivity contribution in [2.75, 3.05) is 5.73 Å². The molecule has 18 heavy (non-hydrogen) atoms. The Labute approximate surface area is 114 Å². The molecule has 0 atom stereocenters. The molecule has 0 aliphatic carbocycles. The van der Waals surface area contributed by atoms with Gasteiger partial charge in [0.1, 0.15) is 4.88 Å². The number of hydrogen-bond acceptors (Lipinski definition) is 4. The lowest BCUT2D eigenvalue weighted by Gasteiger charge is -2.07. The van der Waals surface area contributed by atoms with Gasteiger partial charge in [0.15, 0.2) is 0 Å². The van der Waals surface area contributed by atoms with Gasteiger partial charge in [-0.1, -0.05) is 13.8 Å². The van der Waals surface area contributed by atoms with Crippen LogP contribution in [0, 0.1) is 6.92 Å². The Bertz CT molecular complexity index is 596. The van der Waals surface area contributed by atoms with Crippen molar-refractivity contribution < 1.29 is 9.90 Å². The molecule has 3 nitrogen and oxygen atoms in total. The number of anilines is 1. The molecule has 2 aromatic heterocycles. The fraction of sp³-hybridized carbons (Fsp3) is 0.308. The maximum atomic E-state index is 11.2. The fourth-order valence-corrected chi connectivity index (χ4v) is 4.14. The molecule has 2 heterocycles. The number of aryl methyl sites for hydroxylation is 1. The molecule has 2 rings (SSSR count). The van der Waals surface area contributed by atoms with E-state index in [1.54, 1.807) is 11.3 Å². The molecule has 0 spiro atoms. The summed E-state index contributed by atoms with van der Waals surface area (Å²) >= 11 is 2.94. The number of rotatable bonds is 3. The minimum Gasteiger partial charge on any atom is -0.477 e. The summed E-state index contributed by atoms with van der Waals surface area (Å²) in [6.45, 7) is 6.11. The average Bonchev–Trinajstić information content (AvgIpc) is 2.81. The van der Waals surface area contributed by atoms with Gasteiger partial charge in [-0.2, -0.15) is 0 Å². The van der Waals surface area contributed by atoms with E-state index in [1.807, 2.05) is 32.9 Å². The third-order valence-corrected chi connectivity index (χ3v) is 5.11. The SMILES string of the molecule is Cc1ccc(-c2sc(C(=O)O)c(N)c2C(C)C)s1. The summed E-state index contributed by atoms with van der Waals surface area (Å²) in [5.74, 6) is -0.731. The number of thiophene rings is 2. The molecule has 2 aromatic rings. The number of hydrogen-bond donors (Lipinski definition) is 2. The minimum atomic E-state index is -0.945. The summed E-state index contributed by atoms with van der Waals surface area (Å²) in [5, 5.41) is 9.17. The molecule has 0 saturated carbocycles. The normalized spacial score (nSPS) is 11.1. The van der Waals surface area contributed by atoms with Crippen molar-refractivity contribution in [1.29, 1.82) is 0 Å². The Morgan fingerprint density at radius 3 is 2.44 bits per heavy atom. The van der Waals surface area contributed by atoms with E-state index in [0.717, 1.165) is 15.3 Å². The zero-order valence-electron chi connectivity index (χ0n) is 10.5. The standard InChI is InChI=1S/C13H15NO2S2/c1-6(2)9-10(14)12(13(15)16)18-11(9)8-5-4-7(3)17-8/h4-6H,14H2,1-3H3,(H,15,16). The smallest absolute Gasteiger partial charge is 0.348 e. The summed E-state index contributed by atoms with van der Waals surface area (Å²) in [5.41, 5.74) is 7.36. The third-order valence-electron chi connectivity index (χ3n) is 2.72. The lowest BCUT2D eigenvalue weighted by Crippen LogP contribution is -2.00. The first-order chi connectivity index (χ1) is 8.41. The summed E-state index contributed by atoms with van der Waals surface area (Å²) < 4.78 is 0. The number of nitrogens with two attached hydrogens (primary N) is 1. The second-order valence-corrected chi connectivity index (χ2v) is 6.77. The first-order valence-corrected chi connectivity index (χ1v) is 7.27. The Kier molecular flexibility index (Phi) is 3.45. The molecular weight excluding hydrogens is 266 g/mol. The first-order valence-electron chi connectivity index (χ1n) is 5.64. The van der Waals surface area contributed by atoms with Gasteiger partial charge in [0.25, 0.3) is 0 Å². The number of nitrogen functional groups attached to an aromatic ring is 1. The van der Waals surface area contributed by atoms with Crippen molar-refractivity contribution in [2.24, 2.45) is 0 Å². The van der Waals surface area contributed by atoms with Crippen LogP contribution < -0.4 is 5.73 Å². The number of carboxylic acids is 1. The summed E-state index contributed by atoms with van der Waals surface area (Å²) in [7, 11) is 0. The predicted octanol–water partition coefficient (Wildman–Crippen LogP) is 4.19. The molecule has 5 heteroatoms. The Hall–Kier alpha value is -1.33. The van der Waals surface area contributed by atoms with Crippen molar-refractivity contribution in [3.63, 3.8) is 0 Å². The van der Waals surface area contributed by atoms with Crippen LogP contribution in [0.3, 0.4) is 0 Å². The van der Waals surface area contributed by atoms with Gasteiger partial charge in [-0.15, -0.1) is 22.7 Å². The van der Waals surface area contributed by atoms with Crippen LogP contribution in [0.1, 0.15) is 39.9 Å². The van der Waals surface area contributed by atoms with Gasteiger partial charge in [0.2, 0.25) is 0 Å². The Balaban J connectivity index is 2.66. The second-order valence-electron chi connectivity index (χ2n) is 4.46. The van der Waals surface area contributed by atoms with Gasteiger partial charge in [-0.05, 0) is 30.5 Å². The maximum Gasteiger partial charge on any atom is 0.348 e. The van der Waals surface area contributed by atoms with E-state index in [4.69, 9.17) is 5.73 Å². The van der Waals surface area contributed by atoms with E-state index in [2.05, 4.69) is 0 Å². The van der Waals surface area contributed by atoms with Crippen LogP contribution in [-0.2, 0) is 0 Å². The minimum absolute atomic E-state index is 0.215. The highest BCUT2D eigenvalue weighted by Gasteiger charge is 2.23. The summed E-state index contributed by atoms with van der Waals surface area (Å²) in [6, 6.07) is 4.07. The Morgan fingerprint density at radius 1 is 1.33 bits per heavy atom. The van der Waals surface area contributed by atoms with Crippen LogP contribution in [0.2, 0.25) is 0 Å². The van der Waals surface area contributed by atoms with Gasteiger partial charge in [-0.25, -0.2) is 4.79 Å². The molecule has 0 amide bonds. The predicted molar refractivity (Wildman–Crippen MR) is 77.8 cm³/mol. The maximum absolute atomic E-state index is 11.2. The highest BCUT2D eigenvalue weighted by Crippen LogP contribution is 2.44. The molecule has 0 aromatic carbocycles. The van der Waals surface area contributed by atoms with E-state index in [1.165, 1.54) is 16.2 Å². The second kappa shape index (κ2) is 4.74. The fourth-order valence-electron chi connectivity index (χ4n) is 1.93. The lowest BCUT2D eigenvalue weighted by molar-refractivity contribution is 0.0703. The van der Waals surface area contributed by atoms with Crippen molar-refractivity contribution >= 4 is 34.3 Å². The number of aromatic carboxylic acids is 1. The van der Waals surface area contributed by atoms with E-state index in [9.17, 15) is 9.90 Å². The first kappa shape index (κ1) is 13.1. The molecule has 0 unspecified atom stereocenters. The van der Waals surface area contributed by atoms with Gasteiger partial charge in [0.05, 0.1) is 10.6 Å². The average molecular weight is 281 g/mol. The molecule has 0 bridgehead atoms. The molecule has 96 valence electrons. The van der Waals surface area contributed by atoms with Crippen LogP contribution >= 0.6 is 22.7 Å². The topological polar surface area (TPSA) is 63.3 Å². The van der Waals surface area contributed by atoms with Gasteiger partial charge < -0.3 is 10.8 Å². The molecule has 0 fully saturated rings. The largest absolute Gasteiger partial charge is 0.477 e. The number of carboxylic acid groups (broad SMARTS) is 1. The zero-order valence-corrected chi connectivity index (χ0v) is 12.1. The van der Waals surface area contributed by atoms with Crippen LogP contribution in [0.4, 0.5) is 5.69 Å². The molecule has 3 N–H and O–H groups in total. The van der Waals surface area contributed by atoms with Crippen molar-refractivity contribution in [3.8, 4) is 9.75 Å². The quantitative estimate of drug-likeness (QED) is 0.886. The third kappa shape index (κ3) is 2.15. The summed E-state index contributed by atoms with van der Waals surface area (Å²) in [6.07, 6.45) is 0. The van der Waals surface area contributed by atoms with Crippen molar-refractivity contribution in [3.05, 3.63) is 27.5 Å². The molecule has 0 saturated heterocycles. The zero-order chi connectivity index (χ0) is 13.4. The van der Waals surface area contributed by atoms with Crippen molar-refractivity contribution in [1.82, 2.24) is 0 Å². The van der Waals surface area contributed by atoms with Gasteiger partial charge in [-0.3, -0.25) is 0 Å². The van der Waals surface area contributed by atoms with Crippen LogP contribution in [0.25, 0.3) is 9.75 Å². The molecular formula is C13H15NO2S2. The van der Waals surface area contributed by atoms with Crippen molar-refractivity contribution in [2.45, 2.75) is 26.7 Å². The van der Waals surface area contributed by atoms with Crippen LogP contribution in [0.5, 0.6) is 0 Å². The molecule has 0 aliphatic rings. The highest BCUT2D eigenvalue weighted by molar-refractivity contribution is 7.23. The van der Waals surface area contributed by atoms with E-state index in [-0.39, 0.29) is 10.8 Å².